The molecule has 0 fully saturated rings. The minimum absolute atomic E-state index is 0.385. The summed E-state index contributed by atoms with van der Waals surface area (Å²) in [5, 5.41) is 1.30. The van der Waals surface area contributed by atoms with Crippen molar-refractivity contribution in [1.82, 2.24) is 15.9 Å². The number of amides is 2. The van der Waals surface area contributed by atoms with Gasteiger partial charge in [-0.05, 0) is 0 Å². The summed E-state index contributed by atoms with van der Waals surface area (Å²) >= 11 is 5.80. The first-order valence-corrected chi connectivity index (χ1v) is 9.02. The van der Waals surface area contributed by atoms with Gasteiger partial charge < -0.3 is 0 Å². The van der Waals surface area contributed by atoms with Crippen LogP contribution in [0.15, 0.2) is 60.7 Å². The molecule has 0 aliphatic heterocycles. The number of nitrogens with zero attached hydrogens (tertiary/aromatic N) is 1. The van der Waals surface area contributed by atoms with Crippen molar-refractivity contribution in [3.8, 4) is 0 Å². The molecule has 0 radical (unpaired) electrons. The van der Waals surface area contributed by atoms with E-state index in [-0.39, 0.29) is 6.42 Å². The molecule has 0 bridgehead atoms. The number of hydrogen-bond acceptors (Lipinski definition) is 4. The van der Waals surface area contributed by atoms with Gasteiger partial charge in [0, 0.05) is 0 Å². The van der Waals surface area contributed by atoms with Crippen LogP contribution in [0, 0.1) is 0 Å². The summed E-state index contributed by atoms with van der Waals surface area (Å²) in [7, 11) is 0. The molecule has 0 saturated carbocycles. The third kappa shape index (κ3) is 5.46. The van der Waals surface area contributed by atoms with Gasteiger partial charge in [0.2, 0.25) is 0 Å². The molecule has 0 unspecified atom stereocenters. The second kappa shape index (κ2) is 9.41. The minimum atomic E-state index is -0.570. The van der Waals surface area contributed by atoms with E-state index in [9.17, 15) is 9.59 Å². The topological polar surface area (TPSA) is 87.5 Å². The van der Waals surface area contributed by atoms with Gasteiger partial charge in [0.05, 0.1) is 0 Å². The zero-order valence-corrected chi connectivity index (χ0v) is 16.6. The third-order valence-electron chi connectivity index (χ3n) is 3.20. The fourth-order valence-corrected chi connectivity index (χ4v) is 3.03. The predicted molar refractivity (Wildman–Crippen MR) is 99.5 cm³/mol. The summed E-state index contributed by atoms with van der Waals surface area (Å²) in [5.74, 6) is 4.06. The number of carbonyl (C=O) groups is 2. The van der Waals surface area contributed by atoms with Crippen molar-refractivity contribution in [2.24, 2.45) is 5.84 Å². The number of hydrogen-bond donors (Lipinski definition) is 3. The molecule has 0 spiro atoms. The first-order chi connectivity index (χ1) is 12.0. The van der Waals surface area contributed by atoms with Crippen LogP contribution in [0.5, 0.6) is 0 Å². The van der Waals surface area contributed by atoms with Gasteiger partial charge in [0.1, 0.15) is 0 Å². The number of benzene rings is 2. The molecule has 8 heteroatoms. The van der Waals surface area contributed by atoms with Crippen molar-refractivity contribution in [3.63, 3.8) is 0 Å². The maximum absolute atomic E-state index is 12.6. The average Bonchev–Trinajstić information content (AvgIpc) is 2.66. The van der Waals surface area contributed by atoms with Crippen LogP contribution >= 0.6 is 0 Å². The van der Waals surface area contributed by atoms with Crippen molar-refractivity contribution in [1.29, 1.82) is 0 Å². The third-order valence-corrected chi connectivity index (χ3v) is 4.76. The summed E-state index contributed by atoms with van der Waals surface area (Å²) in [5.41, 5.74) is 6.66. The number of nitrogens with two attached hydrogens (primary N) is 1. The van der Waals surface area contributed by atoms with Gasteiger partial charge in [-0.2, -0.15) is 0 Å². The van der Waals surface area contributed by atoms with Gasteiger partial charge in [0.15, 0.2) is 0 Å². The first-order valence-electron chi connectivity index (χ1n) is 7.30. The van der Waals surface area contributed by atoms with Gasteiger partial charge in [0.25, 0.3) is 0 Å². The van der Waals surface area contributed by atoms with Crippen LogP contribution in [0.1, 0.15) is 17.5 Å². The Morgan fingerprint density at radius 1 is 0.920 bits per heavy atom. The van der Waals surface area contributed by atoms with E-state index in [1.807, 2.05) is 66.1 Å². The fourth-order valence-electron chi connectivity index (χ4n) is 1.96. The molecule has 2 aromatic carbocycles. The Hall–Kier alpha value is -2.08. The molecule has 0 saturated heterocycles. The predicted octanol–water partition coefficient (Wildman–Crippen LogP) is -0.607. The van der Waals surface area contributed by atoms with Gasteiger partial charge >= 0.3 is 162 Å². The molecule has 0 aliphatic rings. The average molecular weight is 466 g/mol. The molecule has 25 heavy (non-hydrogen) atoms. The van der Waals surface area contributed by atoms with Crippen LogP contribution in [0.2, 0.25) is 0 Å². The van der Waals surface area contributed by atoms with Crippen LogP contribution in [0.4, 0.5) is 0 Å². The quantitative estimate of drug-likeness (QED) is 0.167. The number of rotatable bonds is 7. The second-order valence-electron chi connectivity index (χ2n) is 4.95. The Kier molecular flexibility index (Phi) is 7.25. The van der Waals surface area contributed by atoms with Crippen LogP contribution in [-0.4, -0.2) is 57.1 Å². The molecule has 6 nitrogen and oxygen atoms in total. The van der Waals surface area contributed by atoms with E-state index in [0.717, 1.165) is 11.1 Å². The van der Waals surface area contributed by atoms with E-state index in [1.165, 1.54) is 5.01 Å². The molecule has 2 aromatic rings. The van der Waals surface area contributed by atoms with Crippen LogP contribution < -0.4 is 16.7 Å². The van der Waals surface area contributed by atoms with Crippen LogP contribution in [0.25, 0.3) is 0 Å². The van der Waals surface area contributed by atoms with Crippen LogP contribution in [0.3, 0.4) is 0 Å². The Morgan fingerprint density at radius 3 is 1.96 bits per heavy atom. The second-order valence-corrected chi connectivity index (χ2v) is 6.62. The van der Waals surface area contributed by atoms with Crippen molar-refractivity contribution < 1.29 is 9.59 Å². The summed E-state index contributed by atoms with van der Waals surface area (Å²) in [6.45, 7) is 0. The molecular weight excluding hydrogens is 450 g/mol. The summed E-state index contributed by atoms with van der Waals surface area (Å²) in [6.07, 6.45) is -0.385. The Balaban J connectivity index is 2.25. The van der Waals surface area contributed by atoms with E-state index in [1.54, 1.807) is 0 Å². The molecule has 128 valence electrons. The summed E-state index contributed by atoms with van der Waals surface area (Å²) in [6, 6.07) is 18.8. The fraction of sp³-hybridized carbons (Fsp3) is 0.0588. The summed E-state index contributed by atoms with van der Waals surface area (Å²) in [4.78, 5) is 24.1. The zero-order valence-electron chi connectivity index (χ0n) is 13.1. The van der Waals surface area contributed by atoms with E-state index in [0.29, 0.717) is 9.08 Å². The number of carbonyl (C=O) groups excluding carboxylic acids is 2. The first kappa shape index (κ1) is 19.2. The standard InChI is InChI=1S/C17H16N4O2Se2/c18-19-14(22)11-15(23)21(17(25)13-9-5-2-6-10-13)20-16(24)12-7-3-1-4-8-12/h1-10H,11,18H2,(H,19,22)(H,20,24). The van der Waals surface area contributed by atoms with Crippen molar-refractivity contribution in [3.05, 3.63) is 71.8 Å². The Morgan fingerprint density at radius 2 is 1.44 bits per heavy atom. The van der Waals surface area contributed by atoms with Crippen molar-refractivity contribution in [2.75, 3.05) is 0 Å². The van der Waals surface area contributed by atoms with Gasteiger partial charge in [-0.15, -0.1) is 0 Å². The van der Waals surface area contributed by atoms with E-state index in [2.05, 4.69) is 36.6 Å². The van der Waals surface area contributed by atoms with E-state index < -0.39 is 11.8 Å². The van der Waals surface area contributed by atoms with E-state index in [4.69, 9.17) is 5.84 Å². The Bertz CT molecular complexity index is 782. The molecular formula is C17H16N4O2Se2. The van der Waals surface area contributed by atoms with Gasteiger partial charge in [-0.25, -0.2) is 0 Å². The molecule has 0 aromatic heterocycles. The zero-order chi connectivity index (χ0) is 18.2. The molecule has 0 heterocycles. The maximum atomic E-state index is 12.6. The molecule has 4 N–H and O–H groups in total. The van der Waals surface area contributed by atoms with E-state index >= 15 is 0 Å². The van der Waals surface area contributed by atoms with Crippen molar-refractivity contribution in [2.45, 2.75) is 6.42 Å². The van der Waals surface area contributed by atoms with Gasteiger partial charge in [-0.3, -0.25) is 0 Å². The molecule has 2 rings (SSSR count). The summed E-state index contributed by atoms with van der Waals surface area (Å²) < 4.78 is 1.19. The van der Waals surface area contributed by atoms with Crippen LogP contribution in [-0.2, 0) is 9.59 Å². The SMILES string of the molecule is NNC(=O)CC(=O)N(NC(=[Se])c1ccccc1)C(=[Se])c1ccccc1. The molecule has 0 atom stereocenters. The normalized spacial score (nSPS) is 9.80. The molecule has 2 amide bonds. The monoisotopic (exact) mass is 468 g/mol. The van der Waals surface area contributed by atoms with Crippen molar-refractivity contribution >= 4 is 52.0 Å². The molecule has 0 aliphatic carbocycles. The van der Waals surface area contributed by atoms with Gasteiger partial charge in [-0.1, -0.05) is 0 Å². The number of hydrazine groups is 2. The number of nitrogens with one attached hydrogen (secondary N) is 2. The Labute approximate surface area is 161 Å².